The number of ether oxygens (including phenoxy) is 1. The van der Waals surface area contributed by atoms with Crippen molar-refractivity contribution in [2.24, 2.45) is 7.05 Å². The Morgan fingerprint density at radius 1 is 1.43 bits per heavy atom. The van der Waals surface area contributed by atoms with Gasteiger partial charge in [0, 0.05) is 36.3 Å². The maximum Gasteiger partial charge on any atom is 0.368 e. The fourth-order valence-electron chi connectivity index (χ4n) is 2.40. The van der Waals surface area contributed by atoms with E-state index >= 15 is 0 Å². The van der Waals surface area contributed by atoms with Crippen LogP contribution in [-0.4, -0.2) is 29.8 Å². The average Bonchev–Trinajstić information content (AvgIpc) is 3.27. The summed E-state index contributed by atoms with van der Waals surface area (Å²) in [6, 6.07) is 1.73. The number of nitrogens with zero attached hydrogens (tertiary/aromatic N) is 6. The molecule has 0 saturated heterocycles. The van der Waals surface area contributed by atoms with Gasteiger partial charge in [-0.3, -0.25) is 4.98 Å². The predicted octanol–water partition coefficient (Wildman–Crippen LogP) is 1.27. The van der Waals surface area contributed by atoms with Gasteiger partial charge in [0.1, 0.15) is 6.61 Å². The van der Waals surface area contributed by atoms with Gasteiger partial charge in [-0.2, -0.15) is 9.36 Å². The van der Waals surface area contributed by atoms with Crippen molar-refractivity contribution >= 4 is 11.3 Å². The van der Waals surface area contributed by atoms with Crippen LogP contribution in [0.4, 0.5) is 0 Å². The largest absolute Gasteiger partial charge is 0.465 e. The number of pyridine rings is 1. The van der Waals surface area contributed by atoms with E-state index in [1.807, 2.05) is 0 Å². The van der Waals surface area contributed by atoms with Crippen LogP contribution in [0.5, 0.6) is 5.19 Å². The normalized spacial score (nSPS) is 14.7. The van der Waals surface area contributed by atoms with Crippen LogP contribution in [0.3, 0.4) is 0 Å². The molecule has 1 aliphatic carbocycles. The van der Waals surface area contributed by atoms with Crippen molar-refractivity contribution < 1.29 is 6.11 Å². The summed E-state index contributed by atoms with van der Waals surface area (Å²) in [5.41, 5.74) is 2.02. The third-order valence-corrected chi connectivity index (χ3v) is 4.32. The van der Waals surface area contributed by atoms with Crippen molar-refractivity contribution in [2.75, 3.05) is 0 Å². The topological polar surface area (TPSA) is 87.7 Å². The van der Waals surface area contributed by atoms with E-state index in [4.69, 9.17) is 6.11 Å². The molecule has 0 aliphatic heterocycles. The maximum atomic E-state index is 12.2. The number of aryl methyl sites for hydroxylation is 1. The van der Waals surface area contributed by atoms with Gasteiger partial charge in [0.25, 0.3) is 5.19 Å². The van der Waals surface area contributed by atoms with Gasteiger partial charge in [0.15, 0.2) is 0 Å². The van der Waals surface area contributed by atoms with Crippen LogP contribution in [0.25, 0.3) is 5.69 Å². The number of tetrazole rings is 1. The summed E-state index contributed by atoms with van der Waals surface area (Å²) in [7, 11) is 1.55. The number of hydrogen-bond donors (Lipinski definition) is 0. The van der Waals surface area contributed by atoms with E-state index in [0.29, 0.717) is 16.8 Å². The van der Waals surface area contributed by atoms with Crippen LogP contribution in [0.15, 0.2) is 28.6 Å². The van der Waals surface area contributed by atoms with Gasteiger partial charge >= 0.3 is 5.69 Å². The summed E-state index contributed by atoms with van der Waals surface area (Å²) < 4.78 is 15.6. The molecule has 1 saturated carbocycles. The summed E-state index contributed by atoms with van der Waals surface area (Å²) in [4.78, 5) is 20.7. The lowest BCUT2D eigenvalue weighted by Gasteiger charge is -2.12. The van der Waals surface area contributed by atoms with E-state index in [9.17, 15) is 4.79 Å². The standard InChI is InChI=1S/C14H14N6O2S/c1-19-14(21)20(18-17-19)11-4-5-15-12(9-2-3-9)10(11)8-22-13-16-6-7-23-13/h4-7,9H,2-3,8H2,1H3/i6T. The Morgan fingerprint density at radius 3 is 2.96 bits per heavy atom. The predicted molar refractivity (Wildman–Crippen MR) is 82.8 cm³/mol. The highest BCUT2D eigenvalue weighted by Gasteiger charge is 2.30. The molecular weight excluding hydrogens is 316 g/mol. The Labute approximate surface area is 136 Å². The Kier molecular flexibility index (Phi) is 3.14. The second-order valence-corrected chi connectivity index (χ2v) is 6.12. The smallest absolute Gasteiger partial charge is 0.368 e. The molecule has 0 atom stereocenters. The minimum atomic E-state index is -0.327. The third kappa shape index (κ3) is 2.63. The molecule has 1 aliphatic rings. The first-order chi connectivity index (χ1) is 11.6. The molecule has 0 radical (unpaired) electrons. The van der Waals surface area contributed by atoms with Crippen LogP contribution in [0.1, 0.15) is 31.4 Å². The highest BCUT2D eigenvalue weighted by atomic mass is 32.1. The van der Waals surface area contributed by atoms with Gasteiger partial charge in [-0.1, -0.05) is 11.3 Å². The van der Waals surface area contributed by atoms with Gasteiger partial charge in [0.2, 0.25) is 0 Å². The van der Waals surface area contributed by atoms with Gasteiger partial charge < -0.3 is 4.74 Å². The van der Waals surface area contributed by atoms with E-state index in [1.54, 1.807) is 24.7 Å². The monoisotopic (exact) mass is 332 g/mol. The molecule has 9 heteroatoms. The van der Waals surface area contributed by atoms with Gasteiger partial charge in [0.05, 0.1) is 12.8 Å². The Hall–Kier alpha value is -2.55. The molecule has 0 amide bonds. The molecule has 0 aromatic carbocycles. The highest BCUT2D eigenvalue weighted by molar-refractivity contribution is 7.11. The summed E-state index contributed by atoms with van der Waals surface area (Å²) in [5.74, 6) is 0.388. The van der Waals surface area contributed by atoms with Gasteiger partial charge in [-0.05, 0) is 29.3 Å². The molecule has 0 N–H and O–H groups in total. The van der Waals surface area contributed by atoms with E-state index in [2.05, 4.69) is 20.4 Å². The lowest BCUT2D eigenvalue weighted by Crippen LogP contribution is -2.23. The molecular formula is C14H14N6O2S. The Bertz CT molecular complexity index is 945. The van der Waals surface area contributed by atoms with Crippen LogP contribution < -0.4 is 10.4 Å². The number of thiazole rings is 1. The second-order valence-electron chi connectivity index (χ2n) is 5.30. The van der Waals surface area contributed by atoms with E-state index in [0.717, 1.165) is 24.1 Å². The fourth-order valence-corrected chi connectivity index (χ4v) is 2.84. The lowest BCUT2D eigenvalue weighted by atomic mass is 10.1. The van der Waals surface area contributed by atoms with E-state index < -0.39 is 0 Å². The van der Waals surface area contributed by atoms with Crippen LogP contribution in [0.2, 0.25) is 0 Å². The SMILES string of the molecule is [3H]c1csc(OCc2c(-n3nnn(C)c3=O)ccnc2C2CC2)n1. The molecule has 3 aromatic rings. The minimum Gasteiger partial charge on any atom is -0.465 e. The molecule has 0 bridgehead atoms. The summed E-state index contributed by atoms with van der Waals surface area (Å²) in [6.45, 7) is 0.213. The van der Waals surface area contributed by atoms with Crippen LogP contribution >= 0.6 is 11.3 Å². The third-order valence-electron chi connectivity index (χ3n) is 3.69. The number of aromatic nitrogens is 6. The van der Waals surface area contributed by atoms with Crippen molar-refractivity contribution in [3.8, 4) is 10.9 Å². The molecule has 0 unspecified atom stereocenters. The molecule has 3 heterocycles. The van der Waals surface area contributed by atoms with Gasteiger partial charge in [-0.25, -0.2) is 9.78 Å². The molecule has 0 spiro atoms. The number of hydrogen-bond acceptors (Lipinski definition) is 7. The Morgan fingerprint density at radius 2 is 2.30 bits per heavy atom. The van der Waals surface area contributed by atoms with Crippen molar-refractivity contribution in [1.29, 1.82) is 0 Å². The van der Waals surface area contributed by atoms with Crippen molar-refractivity contribution in [3.63, 3.8) is 0 Å². The number of rotatable bonds is 5. The molecule has 4 rings (SSSR count). The first-order valence-corrected chi connectivity index (χ1v) is 8.03. The zero-order valence-electron chi connectivity index (χ0n) is 13.3. The zero-order chi connectivity index (χ0) is 16.7. The van der Waals surface area contributed by atoms with Crippen LogP contribution in [-0.2, 0) is 13.7 Å². The first kappa shape index (κ1) is 12.9. The fraction of sp³-hybridized carbons (Fsp3) is 0.357. The van der Waals surface area contributed by atoms with Gasteiger partial charge in [-0.15, -0.1) is 0 Å². The molecule has 3 aromatic heterocycles. The summed E-state index contributed by atoms with van der Waals surface area (Å²) in [6.07, 6.45) is 4.01. The van der Waals surface area contributed by atoms with Crippen molar-refractivity contribution in [2.45, 2.75) is 25.4 Å². The first-order valence-electron chi connectivity index (χ1n) is 7.65. The maximum absolute atomic E-state index is 12.2. The van der Waals surface area contributed by atoms with Crippen molar-refractivity contribution in [3.05, 3.63) is 45.6 Å². The molecule has 1 fully saturated rings. The van der Waals surface area contributed by atoms with Crippen LogP contribution in [0, 0.1) is 0 Å². The minimum absolute atomic E-state index is 0.175. The summed E-state index contributed by atoms with van der Waals surface area (Å²) in [5, 5.41) is 9.71. The summed E-state index contributed by atoms with van der Waals surface area (Å²) >= 11 is 1.27. The van der Waals surface area contributed by atoms with E-state index in [1.165, 1.54) is 20.7 Å². The van der Waals surface area contributed by atoms with Crippen molar-refractivity contribution in [1.82, 2.24) is 29.8 Å². The van der Waals surface area contributed by atoms with E-state index in [-0.39, 0.29) is 18.5 Å². The average molecular weight is 332 g/mol. The quantitative estimate of drug-likeness (QED) is 0.699. The Balaban J connectivity index is 1.74. The lowest BCUT2D eigenvalue weighted by molar-refractivity contribution is 0.302. The highest BCUT2D eigenvalue weighted by Crippen LogP contribution is 2.41. The molecule has 23 heavy (non-hydrogen) atoms. The zero-order valence-corrected chi connectivity index (χ0v) is 13.2. The second kappa shape index (κ2) is 5.58. The molecule has 8 nitrogen and oxygen atoms in total. The molecule has 118 valence electrons.